The van der Waals surface area contributed by atoms with Gasteiger partial charge in [0.25, 0.3) is 0 Å². The second kappa shape index (κ2) is 7.35. The molecule has 2 aliphatic heterocycles. The van der Waals surface area contributed by atoms with Crippen LogP contribution in [0.2, 0.25) is 0 Å². The van der Waals surface area contributed by atoms with Crippen LogP contribution in [0.1, 0.15) is 48.8 Å². The first kappa shape index (κ1) is 18.6. The summed E-state index contributed by atoms with van der Waals surface area (Å²) >= 11 is 0. The Hall–Kier alpha value is -2.74. The molecule has 4 rings (SSSR count). The second-order valence-corrected chi connectivity index (χ2v) is 7.70. The number of carboxylic acids is 1. The summed E-state index contributed by atoms with van der Waals surface area (Å²) in [5, 5.41) is 17.0. The summed E-state index contributed by atoms with van der Waals surface area (Å²) in [4.78, 5) is 36.7. The number of imide groups is 1. The number of carbonyl (C=O) groups is 3. The number of nitrogens with one attached hydrogen (secondary N) is 1. The molecule has 8 heteroatoms. The van der Waals surface area contributed by atoms with E-state index >= 15 is 0 Å². The lowest BCUT2D eigenvalue weighted by Crippen LogP contribution is -2.39. The van der Waals surface area contributed by atoms with Crippen molar-refractivity contribution < 1.29 is 19.5 Å². The van der Waals surface area contributed by atoms with Gasteiger partial charge in [0.1, 0.15) is 0 Å². The molecule has 2 aliphatic rings. The van der Waals surface area contributed by atoms with Gasteiger partial charge in [-0.15, -0.1) is 0 Å². The van der Waals surface area contributed by atoms with Crippen LogP contribution < -0.4 is 5.32 Å². The minimum absolute atomic E-state index is 0.0856. The second-order valence-electron chi connectivity index (χ2n) is 7.70. The van der Waals surface area contributed by atoms with Gasteiger partial charge in [-0.2, -0.15) is 5.10 Å². The summed E-state index contributed by atoms with van der Waals surface area (Å²) in [5.41, 5.74) is 2.95. The Labute approximate surface area is 162 Å². The normalized spacial score (nSPS) is 21.8. The molecule has 148 valence electrons. The monoisotopic (exact) mass is 384 g/mol. The van der Waals surface area contributed by atoms with Gasteiger partial charge in [-0.1, -0.05) is 18.2 Å². The van der Waals surface area contributed by atoms with Gasteiger partial charge in [0, 0.05) is 18.9 Å². The summed E-state index contributed by atoms with van der Waals surface area (Å²) in [6.07, 6.45) is 2.60. The van der Waals surface area contributed by atoms with Crippen molar-refractivity contribution in [1.82, 2.24) is 20.0 Å². The maximum atomic E-state index is 12.3. The Morgan fingerprint density at radius 2 is 2.00 bits per heavy atom. The zero-order valence-electron chi connectivity index (χ0n) is 15.9. The number of hydrogen-bond acceptors (Lipinski definition) is 5. The molecular formula is C20H24N4O4. The van der Waals surface area contributed by atoms with E-state index in [9.17, 15) is 14.4 Å². The van der Waals surface area contributed by atoms with E-state index in [-0.39, 0.29) is 18.4 Å². The number of likely N-dealkylation sites (tertiary alicyclic amines) is 1. The number of rotatable bonds is 4. The van der Waals surface area contributed by atoms with E-state index < -0.39 is 11.9 Å². The fourth-order valence-corrected chi connectivity index (χ4v) is 4.53. The Bertz CT molecular complexity index is 943. The first-order chi connectivity index (χ1) is 13.4. The van der Waals surface area contributed by atoms with Crippen molar-refractivity contribution in [3.05, 3.63) is 29.5 Å². The molecule has 1 atom stereocenters. The highest BCUT2D eigenvalue weighted by atomic mass is 16.4. The highest BCUT2D eigenvalue weighted by Crippen LogP contribution is 2.36. The largest absolute Gasteiger partial charge is 0.480 e. The molecule has 3 heterocycles. The third kappa shape index (κ3) is 3.40. The first-order valence-corrected chi connectivity index (χ1v) is 9.67. The quantitative estimate of drug-likeness (QED) is 0.772. The van der Waals surface area contributed by atoms with Crippen LogP contribution in [0.5, 0.6) is 0 Å². The number of aliphatic carboxylic acids is 1. The first-order valence-electron chi connectivity index (χ1n) is 9.67. The zero-order valence-corrected chi connectivity index (χ0v) is 15.9. The lowest BCUT2D eigenvalue weighted by molar-refractivity contribution is -0.138. The molecule has 2 saturated heterocycles. The summed E-state index contributed by atoms with van der Waals surface area (Å²) in [6.45, 7) is 1.60. The van der Waals surface area contributed by atoms with Crippen LogP contribution in [0, 0.1) is 0 Å². The van der Waals surface area contributed by atoms with Crippen molar-refractivity contribution in [2.45, 2.75) is 37.5 Å². The van der Waals surface area contributed by atoms with Gasteiger partial charge in [0.05, 0.1) is 23.7 Å². The van der Waals surface area contributed by atoms with Gasteiger partial charge in [0.15, 0.2) is 0 Å². The molecule has 0 radical (unpaired) electrons. The van der Waals surface area contributed by atoms with Gasteiger partial charge in [-0.05, 0) is 43.8 Å². The minimum Gasteiger partial charge on any atom is -0.480 e. The van der Waals surface area contributed by atoms with Crippen LogP contribution in [0.3, 0.4) is 0 Å². The molecule has 2 amide bonds. The van der Waals surface area contributed by atoms with Crippen molar-refractivity contribution in [2.75, 3.05) is 19.6 Å². The van der Waals surface area contributed by atoms with E-state index in [1.165, 1.54) is 5.56 Å². The van der Waals surface area contributed by atoms with E-state index in [1.54, 1.807) is 0 Å². The fraction of sp³-hybridized carbons (Fsp3) is 0.500. The predicted octanol–water partition coefficient (Wildman–Crippen LogP) is 1.36. The van der Waals surface area contributed by atoms with E-state index in [1.807, 2.05) is 28.8 Å². The highest BCUT2D eigenvalue weighted by Gasteiger charge is 2.32. The molecule has 28 heavy (non-hydrogen) atoms. The molecule has 0 aliphatic carbocycles. The molecule has 1 aromatic carbocycles. The molecule has 1 aromatic heterocycles. The molecule has 1 unspecified atom stereocenters. The van der Waals surface area contributed by atoms with Crippen LogP contribution in [-0.4, -0.2) is 57.2 Å². The number of aryl methyl sites for hydroxylation is 1. The van der Waals surface area contributed by atoms with Crippen LogP contribution in [0.4, 0.5) is 0 Å². The predicted molar refractivity (Wildman–Crippen MR) is 102 cm³/mol. The lowest BCUT2D eigenvalue weighted by atomic mass is 9.86. The number of piperidine rings is 2. The number of benzene rings is 1. The Morgan fingerprint density at radius 1 is 1.25 bits per heavy atom. The van der Waals surface area contributed by atoms with Crippen molar-refractivity contribution >= 4 is 28.7 Å². The topological polar surface area (TPSA) is 105 Å². The van der Waals surface area contributed by atoms with Crippen LogP contribution in [0.15, 0.2) is 18.2 Å². The summed E-state index contributed by atoms with van der Waals surface area (Å²) < 4.78 is 1.84. The molecule has 2 fully saturated rings. The molecule has 0 saturated carbocycles. The molecule has 0 bridgehead atoms. The minimum atomic E-state index is -0.791. The highest BCUT2D eigenvalue weighted by molar-refractivity contribution is 6.02. The SMILES string of the molecule is Cn1nc(C2CCC(=O)NC2=O)c2cccc(C3CCN(CC(=O)O)CC3)c21. The number of carbonyl (C=O) groups excluding carboxylic acids is 2. The van der Waals surface area contributed by atoms with Gasteiger partial charge >= 0.3 is 5.97 Å². The Balaban J connectivity index is 1.63. The van der Waals surface area contributed by atoms with Crippen molar-refractivity contribution in [3.63, 3.8) is 0 Å². The van der Waals surface area contributed by atoms with Crippen LogP contribution >= 0.6 is 0 Å². The number of hydrogen-bond donors (Lipinski definition) is 2. The van der Waals surface area contributed by atoms with Crippen LogP contribution in [0.25, 0.3) is 10.9 Å². The van der Waals surface area contributed by atoms with Gasteiger partial charge in [-0.3, -0.25) is 29.3 Å². The molecular weight excluding hydrogens is 360 g/mol. The van der Waals surface area contributed by atoms with Crippen molar-refractivity contribution in [1.29, 1.82) is 0 Å². The van der Waals surface area contributed by atoms with Crippen molar-refractivity contribution in [2.24, 2.45) is 7.05 Å². The van der Waals surface area contributed by atoms with Gasteiger partial charge in [0.2, 0.25) is 11.8 Å². The average molecular weight is 384 g/mol. The Kier molecular flexibility index (Phi) is 4.89. The van der Waals surface area contributed by atoms with Crippen LogP contribution in [-0.2, 0) is 21.4 Å². The Morgan fingerprint density at radius 3 is 2.68 bits per heavy atom. The van der Waals surface area contributed by atoms with Crippen molar-refractivity contribution in [3.8, 4) is 0 Å². The maximum absolute atomic E-state index is 12.3. The summed E-state index contributed by atoms with van der Waals surface area (Å²) in [5.74, 6) is -1.37. The number of aromatic nitrogens is 2. The van der Waals surface area contributed by atoms with E-state index in [2.05, 4.69) is 16.5 Å². The average Bonchev–Trinajstić information content (AvgIpc) is 2.99. The third-order valence-electron chi connectivity index (χ3n) is 5.88. The number of nitrogens with zero attached hydrogens (tertiary/aromatic N) is 3. The van der Waals surface area contributed by atoms with Gasteiger partial charge in [-0.25, -0.2) is 0 Å². The lowest BCUT2D eigenvalue weighted by Gasteiger charge is -2.31. The van der Waals surface area contributed by atoms with E-state index in [0.717, 1.165) is 42.5 Å². The maximum Gasteiger partial charge on any atom is 0.317 e. The third-order valence-corrected chi connectivity index (χ3v) is 5.88. The van der Waals surface area contributed by atoms with E-state index in [4.69, 9.17) is 5.11 Å². The molecule has 8 nitrogen and oxygen atoms in total. The number of carboxylic acid groups (broad SMARTS) is 1. The summed E-state index contributed by atoms with van der Waals surface area (Å²) in [7, 11) is 1.89. The number of amides is 2. The smallest absolute Gasteiger partial charge is 0.317 e. The van der Waals surface area contributed by atoms with E-state index in [0.29, 0.717) is 18.8 Å². The molecule has 2 N–H and O–H groups in total. The summed E-state index contributed by atoms with van der Waals surface area (Å²) in [6, 6.07) is 6.10. The number of para-hydroxylation sites is 1. The standard InChI is InChI=1S/C20H24N4O4/c1-23-19-13(12-7-9-24(10-8-12)11-17(26)27)3-2-4-14(19)18(22-23)15-5-6-16(25)21-20(15)28/h2-4,12,15H,5-11H2,1H3,(H,26,27)(H,21,25,28). The molecule has 0 spiro atoms. The zero-order chi connectivity index (χ0) is 19.8. The fourth-order valence-electron chi connectivity index (χ4n) is 4.53. The van der Waals surface area contributed by atoms with Gasteiger partial charge < -0.3 is 5.11 Å². The number of fused-ring (bicyclic) bond motifs is 1. The molecule has 2 aromatic rings.